The smallest absolute Gasteiger partial charge is 0.198 e. The van der Waals surface area contributed by atoms with Gasteiger partial charge < -0.3 is 9.47 Å². The summed E-state index contributed by atoms with van der Waals surface area (Å²) in [4.78, 5) is 0. The van der Waals surface area contributed by atoms with E-state index in [1.54, 1.807) is 6.26 Å². The molecule has 0 saturated carbocycles. The van der Waals surface area contributed by atoms with Crippen LogP contribution in [0.3, 0.4) is 0 Å². The number of ether oxygens (including phenoxy) is 2. The molecule has 0 radical (unpaired) electrons. The SMILES string of the molecule is CCCOC(CC)OC=Cc1ccccc1. The second-order valence-electron chi connectivity index (χ2n) is 3.56. The molecule has 1 rings (SSSR count). The van der Waals surface area contributed by atoms with Gasteiger partial charge in [-0.25, -0.2) is 0 Å². The Kier molecular flexibility index (Phi) is 6.35. The van der Waals surface area contributed by atoms with Gasteiger partial charge >= 0.3 is 0 Å². The van der Waals surface area contributed by atoms with Crippen LogP contribution in [0.4, 0.5) is 0 Å². The summed E-state index contributed by atoms with van der Waals surface area (Å²) >= 11 is 0. The van der Waals surface area contributed by atoms with Crippen molar-refractivity contribution in [2.75, 3.05) is 6.61 Å². The third-order valence-electron chi connectivity index (χ3n) is 2.13. The molecule has 2 nitrogen and oxygen atoms in total. The number of benzene rings is 1. The van der Waals surface area contributed by atoms with Crippen molar-refractivity contribution in [3.8, 4) is 0 Å². The third-order valence-corrected chi connectivity index (χ3v) is 2.13. The van der Waals surface area contributed by atoms with Crippen molar-refractivity contribution in [3.05, 3.63) is 42.2 Å². The molecule has 0 heterocycles. The van der Waals surface area contributed by atoms with Gasteiger partial charge in [-0.05, 0) is 18.1 Å². The van der Waals surface area contributed by atoms with Crippen molar-refractivity contribution >= 4 is 6.08 Å². The van der Waals surface area contributed by atoms with Gasteiger partial charge in [0.25, 0.3) is 0 Å². The van der Waals surface area contributed by atoms with Crippen LogP contribution in [0, 0.1) is 0 Å². The van der Waals surface area contributed by atoms with E-state index in [0.29, 0.717) is 0 Å². The van der Waals surface area contributed by atoms with Crippen LogP contribution in [0.1, 0.15) is 32.3 Å². The summed E-state index contributed by atoms with van der Waals surface area (Å²) in [5.41, 5.74) is 1.13. The lowest BCUT2D eigenvalue weighted by molar-refractivity contribution is -0.106. The molecule has 0 saturated heterocycles. The fourth-order valence-corrected chi connectivity index (χ4v) is 1.27. The van der Waals surface area contributed by atoms with Crippen molar-refractivity contribution < 1.29 is 9.47 Å². The van der Waals surface area contributed by atoms with Crippen LogP contribution < -0.4 is 0 Å². The highest BCUT2D eigenvalue weighted by atomic mass is 16.7. The van der Waals surface area contributed by atoms with Crippen molar-refractivity contribution in [1.29, 1.82) is 0 Å². The van der Waals surface area contributed by atoms with E-state index in [2.05, 4.69) is 13.8 Å². The van der Waals surface area contributed by atoms with E-state index in [9.17, 15) is 0 Å². The third kappa shape index (κ3) is 4.99. The maximum absolute atomic E-state index is 5.50. The average molecular weight is 220 g/mol. The second kappa shape index (κ2) is 7.94. The highest BCUT2D eigenvalue weighted by Crippen LogP contribution is 2.05. The molecule has 88 valence electrons. The Morgan fingerprint density at radius 3 is 2.56 bits per heavy atom. The fraction of sp³-hybridized carbons (Fsp3) is 0.429. The van der Waals surface area contributed by atoms with E-state index in [0.717, 1.165) is 25.0 Å². The molecule has 1 aromatic carbocycles. The van der Waals surface area contributed by atoms with Gasteiger partial charge in [0.15, 0.2) is 6.29 Å². The van der Waals surface area contributed by atoms with Gasteiger partial charge in [0, 0.05) is 6.42 Å². The lowest BCUT2D eigenvalue weighted by Gasteiger charge is -2.14. The van der Waals surface area contributed by atoms with Gasteiger partial charge in [0.1, 0.15) is 0 Å². The Morgan fingerprint density at radius 2 is 1.94 bits per heavy atom. The van der Waals surface area contributed by atoms with Crippen LogP contribution >= 0.6 is 0 Å². The Labute approximate surface area is 97.9 Å². The van der Waals surface area contributed by atoms with Crippen LogP contribution in [0.25, 0.3) is 6.08 Å². The summed E-state index contributed by atoms with van der Waals surface area (Å²) < 4.78 is 11.0. The van der Waals surface area contributed by atoms with Crippen molar-refractivity contribution in [3.63, 3.8) is 0 Å². The van der Waals surface area contributed by atoms with Gasteiger partial charge in [0.2, 0.25) is 0 Å². The highest BCUT2D eigenvalue weighted by molar-refractivity contribution is 5.47. The molecule has 0 N–H and O–H groups in total. The minimum Gasteiger partial charge on any atom is -0.473 e. The number of rotatable bonds is 7. The van der Waals surface area contributed by atoms with E-state index in [1.165, 1.54) is 0 Å². The molecular formula is C14H20O2. The Hall–Kier alpha value is -1.28. The first kappa shape index (κ1) is 12.8. The van der Waals surface area contributed by atoms with Crippen molar-refractivity contribution in [1.82, 2.24) is 0 Å². The first-order chi connectivity index (χ1) is 7.86. The van der Waals surface area contributed by atoms with Crippen LogP contribution in [-0.2, 0) is 9.47 Å². The zero-order valence-corrected chi connectivity index (χ0v) is 10.1. The quantitative estimate of drug-likeness (QED) is 0.513. The molecule has 1 atom stereocenters. The van der Waals surface area contributed by atoms with Gasteiger partial charge in [0.05, 0.1) is 12.9 Å². The van der Waals surface area contributed by atoms with Gasteiger partial charge in [-0.1, -0.05) is 44.2 Å². The van der Waals surface area contributed by atoms with E-state index in [4.69, 9.17) is 9.47 Å². The molecular weight excluding hydrogens is 200 g/mol. The summed E-state index contributed by atoms with van der Waals surface area (Å²) in [7, 11) is 0. The molecule has 16 heavy (non-hydrogen) atoms. The summed E-state index contributed by atoms with van der Waals surface area (Å²) in [6.07, 6.45) is 5.40. The topological polar surface area (TPSA) is 18.5 Å². The van der Waals surface area contributed by atoms with Gasteiger partial charge in [-0.3, -0.25) is 0 Å². The van der Waals surface area contributed by atoms with Crippen LogP contribution in [-0.4, -0.2) is 12.9 Å². The van der Waals surface area contributed by atoms with Crippen molar-refractivity contribution in [2.45, 2.75) is 33.0 Å². The fourth-order valence-electron chi connectivity index (χ4n) is 1.27. The largest absolute Gasteiger partial charge is 0.473 e. The summed E-state index contributed by atoms with van der Waals surface area (Å²) in [6, 6.07) is 10.1. The lowest BCUT2D eigenvalue weighted by atomic mass is 10.2. The molecule has 0 aromatic heterocycles. The molecule has 2 heteroatoms. The normalized spacial score (nSPS) is 12.9. The Bertz CT molecular complexity index is 293. The van der Waals surface area contributed by atoms with Gasteiger partial charge in [-0.2, -0.15) is 0 Å². The molecule has 1 unspecified atom stereocenters. The van der Waals surface area contributed by atoms with E-state index in [-0.39, 0.29) is 6.29 Å². The van der Waals surface area contributed by atoms with Gasteiger partial charge in [-0.15, -0.1) is 0 Å². The molecule has 0 amide bonds. The summed E-state index contributed by atoms with van der Waals surface area (Å²) in [5, 5.41) is 0. The molecule has 0 spiro atoms. The standard InChI is InChI=1S/C14H20O2/c1-3-11-15-14(4-2)16-12-10-13-8-6-5-7-9-13/h5-10,12,14H,3-4,11H2,1-2H3. The maximum Gasteiger partial charge on any atom is 0.198 e. The Morgan fingerprint density at radius 1 is 1.19 bits per heavy atom. The van der Waals surface area contributed by atoms with Crippen LogP contribution in [0.2, 0.25) is 0 Å². The minimum absolute atomic E-state index is 0.125. The lowest BCUT2D eigenvalue weighted by Crippen LogP contribution is -2.13. The van der Waals surface area contributed by atoms with E-state index in [1.807, 2.05) is 36.4 Å². The monoisotopic (exact) mass is 220 g/mol. The van der Waals surface area contributed by atoms with Crippen LogP contribution in [0.5, 0.6) is 0 Å². The number of hydrogen-bond donors (Lipinski definition) is 0. The molecule has 0 fully saturated rings. The second-order valence-corrected chi connectivity index (χ2v) is 3.56. The number of hydrogen-bond acceptors (Lipinski definition) is 2. The minimum atomic E-state index is -0.125. The van der Waals surface area contributed by atoms with Crippen LogP contribution in [0.15, 0.2) is 36.6 Å². The molecule has 0 aliphatic heterocycles. The predicted octanol–water partition coefficient (Wildman–Crippen LogP) is 3.84. The summed E-state index contributed by atoms with van der Waals surface area (Å²) in [5.74, 6) is 0. The first-order valence-corrected chi connectivity index (χ1v) is 5.85. The zero-order chi connectivity index (χ0) is 11.6. The first-order valence-electron chi connectivity index (χ1n) is 5.85. The molecule has 0 bridgehead atoms. The molecule has 1 aromatic rings. The predicted molar refractivity (Wildman–Crippen MR) is 66.9 cm³/mol. The summed E-state index contributed by atoms with van der Waals surface area (Å²) in [6.45, 7) is 4.89. The maximum atomic E-state index is 5.50. The Balaban J connectivity index is 2.34. The zero-order valence-electron chi connectivity index (χ0n) is 10.1. The average Bonchev–Trinajstić information content (AvgIpc) is 2.35. The van der Waals surface area contributed by atoms with E-state index < -0.39 is 0 Å². The molecule has 0 aliphatic carbocycles. The molecule has 0 aliphatic rings. The highest BCUT2D eigenvalue weighted by Gasteiger charge is 2.02. The van der Waals surface area contributed by atoms with E-state index >= 15 is 0 Å². The van der Waals surface area contributed by atoms with Crippen molar-refractivity contribution in [2.24, 2.45) is 0 Å².